The number of fused-ring (bicyclic) bond motifs is 1. The Balaban J connectivity index is 1.48. The van der Waals surface area contributed by atoms with Gasteiger partial charge in [-0.15, -0.1) is 0 Å². The largest absolute Gasteiger partial charge is 0.378 e. The number of aromatic nitrogens is 3. The predicted octanol–water partition coefficient (Wildman–Crippen LogP) is 2.80. The summed E-state index contributed by atoms with van der Waals surface area (Å²) in [4.78, 5) is 23.4. The molecule has 0 unspecified atom stereocenters. The van der Waals surface area contributed by atoms with Crippen LogP contribution in [0, 0.1) is 5.82 Å². The Bertz CT molecular complexity index is 949. The van der Waals surface area contributed by atoms with E-state index in [2.05, 4.69) is 9.55 Å². The van der Waals surface area contributed by atoms with Gasteiger partial charge in [-0.05, 0) is 36.2 Å². The summed E-state index contributed by atoms with van der Waals surface area (Å²) in [5.74, 6) is 0.814. The number of pyridine rings is 1. The fraction of sp³-hybridized carbons (Fsp3) is 0.381. The van der Waals surface area contributed by atoms with E-state index in [1.807, 2.05) is 17.0 Å². The van der Waals surface area contributed by atoms with Crippen LogP contribution in [0.5, 0.6) is 0 Å². The minimum absolute atomic E-state index is 0.169. The Morgan fingerprint density at radius 1 is 1.14 bits per heavy atom. The Morgan fingerprint density at radius 3 is 2.71 bits per heavy atom. The van der Waals surface area contributed by atoms with E-state index < -0.39 is 0 Å². The topological polar surface area (TPSA) is 60.2 Å². The van der Waals surface area contributed by atoms with E-state index in [9.17, 15) is 9.18 Å². The molecule has 2 aromatic heterocycles. The molecule has 0 saturated carbocycles. The van der Waals surface area contributed by atoms with Gasteiger partial charge in [-0.3, -0.25) is 4.79 Å². The Kier molecular flexibility index (Phi) is 5.62. The van der Waals surface area contributed by atoms with Crippen molar-refractivity contribution in [2.45, 2.75) is 25.8 Å². The van der Waals surface area contributed by atoms with Gasteiger partial charge in [-0.1, -0.05) is 12.1 Å². The van der Waals surface area contributed by atoms with Gasteiger partial charge in [0.2, 0.25) is 5.91 Å². The number of ether oxygens (including phenoxy) is 1. The number of halogens is 1. The number of carbonyl (C=O) groups is 1. The summed E-state index contributed by atoms with van der Waals surface area (Å²) in [6.07, 6.45) is 3.65. The van der Waals surface area contributed by atoms with Crippen molar-refractivity contribution >= 4 is 17.1 Å². The van der Waals surface area contributed by atoms with Gasteiger partial charge in [0.15, 0.2) is 5.65 Å². The maximum atomic E-state index is 13.2. The highest BCUT2D eigenvalue weighted by molar-refractivity contribution is 5.76. The summed E-state index contributed by atoms with van der Waals surface area (Å²) in [6, 6.07) is 10.3. The number of hydrogen-bond acceptors (Lipinski definition) is 4. The number of benzene rings is 1. The molecule has 6 nitrogen and oxygen atoms in total. The van der Waals surface area contributed by atoms with Gasteiger partial charge in [-0.2, -0.15) is 0 Å². The van der Waals surface area contributed by atoms with Crippen LogP contribution in [-0.4, -0.2) is 51.6 Å². The minimum atomic E-state index is -0.251. The first kappa shape index (κ1) is 18.6. The molecule has 1 aliphatic heterocycles. The van der Waals surface area contributed by atoms with Gasteiger partial charge in [0.25, 0.3) is 0 Å². The third-order valence-corrected chi connectivity index (χ3v) is 4.99. The molecule has 1 amide bonds. The van der Waals surface area contributed by atoms with E-state index in [0.717, 1.165) is 29.0 Å². The lowest BCUT2D eigenvalue weighted by Gasteiger charge is -2.26. The van der Waals surface area contributed by atoms with Crippen molar-refractivity contribution < 1.29 is 13.9 Å². The van der Waals surface area contributed by atoms with Crippen molar-refractivity contribution in [1.82, 2.24) is 19.4 Å². The SMILES string of the molecule is O=C(CCCc1nc2cccnc2n1Cc1ccc(F)cc1)N1CCOCC1. The molecule has 0 bridgehead atoms. The first-order valence-corrected chi connectivity index (χ1v) is 9.61. The van der Waals surface area contributed by atoms with Crippen LogP contribution in [0.15, 0.2) is 42.6 Å². The van der Waals surface area contributed by atoms with E-state index in [-0.39, 0.29) is 11.7 Å². The summed E-state index contributed by atoms with van der Waals surface area (Å²) in [5, 5.41) is 0. The van der Waals surface area contributed by atoms with Gasteiger partial charge in [0.05, 0.1) is 19.8 Å². The standard InChI is InChI=1S/C21H23FN4O2/c22-17-8-6-16(7-9-17)15-26-19(24-18-3-2-10-23-21(18)26)4-1-5-20(27)25-11-13-28-14-12-25/h2-3,6-10H,1,4-5,11-15H2. The van der Waals surface area contributed by atoms with Crippen molar-refractivity contribution in [1.29, 1.82) is 0 Å². The maximum Gasteiger partial charge on any atom is 0.222 e. The molecule has 4 rings (SSSR count). The molecular weight excluding hydrogens is 359 g/mol. The molecule has 3 heterocycles. The average Bonchev–Trinajstić information content (AvgIpc) is 3.07. The third kappa shape index (κ3) is 4.20. The van der Waals surface area contributed by atoms with Crippen molar-refractivity contribution in [2.75, 3.05) is 26.3 Å². The molecule has 1 saturated heterocycles. The normalized spacial score (nSPS) is 14.5. The van der Waals surface area contributed by atoms with Crippen LogP contribution >= 0.6 is 0 Å². The second-order valence-corrected chi connectivity index (χ2v) is 6.93. The summed E-state index contributed by atoms with van der Waals surface area (Å²) in [5.41, 5.74) is 2.62. The van der Waals surface area contributed by atoms with E-state index in [0.29, 0.717) is 45.7 Å². The average molecular weight is 382 g/mol. The second kappa shape index (κ2) is 8.48. The molecule has 0 aliphatic carbocycles. The van der Waals surface area contributed by atoms with Crippen molar-refractivity contribution in [2.24, 2.45) is 0 Å². The quantitative estimate of drug-likeness (QED) is 0.658. The van der Waals surface area contributed by atoms with Crippen LogP contribution in [0.25, 0.3) is 11.2 Å². The molecule has 146 valence electrons. The van der Waals surface area contributed by atoms with Crippen LogP contribution in [0.4, 0.5) is 4.39 Å². The number of amides is 1. The molecule has 0 radical (unpaired) electrons. The number of morpholine rings is 1. The molecule has 1 aromatic carbocycles. The maximum absolute atomic E-state index is 13.2. The Labute approximate surface area is 163 Å². The van der Waals surface area contributed by atoms with Crippen LogP contribution in [0.3, 0.4) is 0 Å². The lowest BCUT2D eigenvalue weighted by atomic mass is 10.2. The summed E-state index contributed by atoms with van der Waals surface area (Å²) < 4.78 is 20.6. The van der Waals surface area contributed by atoms with Crippen LogP contribution in [-0.2, 0) is 22.5 Å². The number of hydrogen-bond donors (Lipinski definition) is 0. The zero-order valence-electron chi connectivity index (χ0n) is 15.7. The number of carbonyl (C=O) groups excluding carboxylic acids is 1. The molecule has 0 spiro atoms. The van der Waals surface area contributed by atoms with E-state index in [1.54, 1.807) is 18.3 Å². The van der Waals surface area contributed by atoms with Gasteiger partial charge in [0.1, 0.15) is 17.2 Å². The highest BCUT2D eigenvalue weighted by Gasteiger charge is 2.17. The van der Waals surface area contributed by atoms with E-state index >= 15 is 0 Å². The number of imidazole rings is 1. The lowest BCUT2D eigenvalue weighted by Crippen LogP contribution is -2.40. The van der Waals surface area contributed by atoms with Crippen molar-refractivity contribution in [3.63, 3.8) is 0 Å². The minimum Gasteiger partial charge on any atom is -0.378 e. The summed E-state index contributed by atoms with van der Waals surface area (Å²) >= 11 is 0. The van der Waals surface area contributed by atoms with Gasteiger partial charge >= 0.3 is 0 Å². The van der Waals surface area contributed by atoms with Gasteiger partial charge in [0, 0.05) is 32.1 Å². The smallest absolute Gasteiger partial charge is 0.222 e. The highest BCUT2D eigenvalue weighted by Crippen LogP contribution is 2.18. The van der Waals surface area contributed by atoms with Crippen LogP contribution < -0.4 is 0 Å². The molecule has 0 N–H and O–H groups in total. The molecule has 3 aromatic rings. The monoisotopic (exact) mass is 382 g/mol. The fourth-order valence-corrected chi connectivity index (χ4v) is 3.50. The van der Waals surface area contributed by atoms with Crippen LogP contribution in [0.2, 0.25) is 0 Å². The number of rotatable bonds is 6. The number of aryl methyl sites for hydroxylation is 1. The molecule has 0 atom stereocenters. The zero-order chi connectivity index (χ0) is 19.3. The Hall–Kier alpha value is -2.80. The van der Waals surface area contributed by atoms with E-state index in [4.69, 9.17) is 9.72 Å². The first-order valence-electron chi connectivity index (χ1n) is 9.61. The zero-order valence-corrected chi connectivity index (χ0v) is 15.7. The first-order chi connectivity index (χ1) is 13.7. The van der Waals surface area contributed by atoms with Crippen LogP contribution in [0.1, 0.15) is 24.2 Å². The number of nitrogens with zero attached hydrogens (tertiary/aromatic N) is 4. The molecule has 28 heavy (non-hydrogen) atoms. The Morgan fingerprint density at radius 2 is 1.93 bits per heavy atom. The van der Waals surface area contributed by atoms with E-state index in [1.165, 1.54) is 12.1 Å². The molecule has 1 aliphatic rings. The third-order valence-electron chi connectivity index (χ3n) is 4.99. The summed E-state index contributed by atoms with van der Waals surface area (Å²) in [6.45, 7) is 3.15. The summed E-state index contributed by atoms with van der Waals surface area (Å²) in [7, 11) is 0. The lowest BCUT2D eigenvalue weighted by molar-refractivity contribution is -0.135. The van der Waals surface area contributed by atoms with Crippen molar-refractivity contribution in [3.8, 4) is 0 Å². The van der Waals surface area contributed by atoms with Crippen molar-refractivity contribution in [3.05, 3.63) is 59.8 Å². The van der Waals surface area contributed by atoms with Gasteiger partial charge in [-0.25, -0.2) is 14.4 Å². The molecule has 1 fully saturated rings. The fourth-order valence-electron chi connectivity index (χ4n) is 3.50. The van der Waals surface area contributed by atoms with Gasteiger partial charge < -0.3 is 14.2 Å². The predicted molar refractivity (Wildman–Crippen MR) is 103 cm³/mol. The molecular formula is C21H23FN4O2. The second-order valence-electron chi connectivity index (χ2n) is 6.93. The molecule has 7 heteroatoms. The highest BCUT2D eigenvalue weighted by atomic mass is 19.1.